The summed E-state index contributed by atoms with van der Waals surface area (Å²) in [7, 11) is 1.91. The molecular weight excluding hydrogens is 306 g/mol. The molecule has 7 nitrogen and oxygen atoms in total. The molecule has 0 bridgehead atoms. The molecule has 0 saturated heterocycles. The van der Waals surface area contributed by atoms with E-state index in [1.54, 1.807) is 12.4 Å². The number of amides is 1. The molecule has 2 aromatic rings. The predicted molar refractivity (Wildman–Crippen MR) is 88.2 cm³/mol. The van der Waals surface area contributed by atoms with Crippen molar-refractivity contribution in [2.75, 3.05) is 19.8 Å². The SMILES string of the molecule is CCOC[C@@H]1CN(C(=O)CCc2cncnc2)Cc2cn(C)nc21. The summed E-state index contributed by atoms with van der Waals surface area (Å²) in [5, 5.41) is 4.56. The zero-order chi connectivity index (χ0) is 16.9. The molecule has 1 atom stereocenters. The van der Waals surface area contributed by atoms with Crippen LogP contribution in [0.5, 0.6) is 0 Å². The molecule has 0 spiro atoms. The van der Waals surface area contributed by atoms with Crippen LogP contribution >= 0.6 is 0 Å². The average Bonchev–Trinajstić information content (AvgIpc) is 2.98. The number of nitrogens with zero attached hydrogens (tertiary/aromatic N) is 5. The van der Waals surface area contributed by atoms with Gasteiger partial charge in [0.25, 0.3) is 0 Å². The highest BCUT2D eigenvalue weighted by Crippen LogP contribution is 2.27. The van der Waals surface area contributed by atoms with Crippen molar-refractivity contribution in [3.8, 4) is 0 Å². The van der Waals surface area contributed by atoms with E-state index in [2.05, 4.69) is 15.1 Å². The Bertz CT molecular complexity index is 686. The maximum absolute atomic E-state index is 12.6. The smallest absolute Gasteiger partial charge is 0.223 e. The quantitative estimate of drug-likeness (QED) is 0.799. The molecule has 7 heteroatoms. The van der Waals surface area contributed by atoms with Crippen molar-refractivity contribution in [1.82, 2.24) is 24.6 Å². The van der Waals surface area contributed by atoms with Crippen molar-refractivity contribution in [2.24, 2.45) is 7.05 Å². The Morgan fingerprint density at radius 2 is 2.17 bits per heavy atom. The average molecular weight is 329 g/mol. The second-order valence-electron chi connectivity index (χ2n) is 6.09. The molecule has 0 unspecified atom stereocenters. The van der Waals surface area contributed by atoms with Gasteiger partial charge in [-0.3, -0.25) is 9.48 Å². The first-order chi connectivity index (χ1) is 11.7. The zero-order valence-corrected chi connectivity index (χ0v) is 14.2. The molecule has 2 aromatic heterocycles. The van der Waals surface area contributed by atoms with Crippen molar-refractivity contribution in [1.29, 1.82) is 0 Å². The van der Waals surface area contributed by atoms with E-state index in [4.69, 9.17) is 4.74 Å². The van der Waals surface area contributed by atoms with Gasteiger partial charge in [0.15, 0.2) is 0 Å². The van der Waals surface area contributed by atoms with E-state index in [9.17, 15) is 4.79 Å². The van der Waals surface area contributed by atoms with Crippen molar-refractivity contribution in [3.05, 3.63) is 41.7 Å². The van der Waals surface area contributed by atoms with Crippen molar-refractivity contribution in [3.63, 3.8) is 0 Å². The molecular formula is C17H23N5O2. The first-order valence-electron chi connectivity index (χ1n) is 8.29. The third kappa shape index (κ3) is 3.79. The molecule has 0 fully saturated rings. The second kappa shape index (κ2) is 7.53. The molecule has 1 aliphatic heterocycles. The van der Waals surface area contributed by atoms with Gasteiger partial charge in [-0.2, -0.15) is 5.10 Å². The summed E-state index contributed by atoms with van der Waals surface area (Å²) in [4.78, 5) is 22.5. The van der Waals surface area contributed by atoms with Gasteiger partial charge in [-0.25, -0.2) is 9.97 Å². The number of carbonyl (C=O) groups excluding carboxylic acids is 1. The summed E-state index contributed by atoms with van der Waals surface area (Å²) in [5.74, 6) is 0.286. The fourth-order valence-corrected chi connectivity index (χ4v) is 3.09. The summed E-state index contributed by atoms with van der Waals surface area (Å²) >= 11 is 0. The third-order valence-electron chi connectivity index (χ3n) is 4.24. The van der Waals surface area contributed by atoms with E-state index in [0.717, 1.165) is 16.8 Å². The minimum absolute atomic E-state index is 0.138. The lowest BCUT2D eigenvalue weighted by molar-refractivity contribution is -0.132. The summed E-state index contributed by atoms with van der Waals surface area (Å²) in [6.07, 6.45) is 8.13. The minimum atomic E-state index is 0.138. The topological polar surface area (TPSA) is 73.1 Å². The van der Waals surface area contributed by atoms with Crippen LogP contribution < -0.4 is 0 Å². The number of aryl methyl sites for hydroxylation is 2. The molecule has 128 valence electrons. The van der Waals surface area contributed by atoms with Crippen molar-refractivity contribution in [2.45, 2.75) is 32.2 Å². The Morgan fingerprint density at radius 3 is 2.92 bits per heavy atom. The summed E-state index contributed by atoms with van der Waals surface area (Å²) in [6.45, 7) is 4.52. The van der Waals surface area contributed by atoms with E-state index < -0.39 is 0 Å². The van der Waals surface area contributed by atoms with Crippen LogP contribution in [-0.2, 0) is 29.5 Å². The Labute approximate surface area is 141 Å². The lowest BCUT2D eigenvalue weighted by atomic mass is 9.97. The Balaban J connectivity index is 1.66. The molecule has 1 amide bonds. The van der Waals surface area contributed by atoms with E-state index in [0.29, 0.717) is 39.1 Å². The highest BCUT2D eigenvalue weighted by molar-refractivity contribution is 5.76. The molecule has 0 N–H and O–H groups in total. The normalized spacial score (nSPS) is 16.9. The molecule has 3 heterocycles. The summed E-state index contributed by atoms with van der Waals surface area (Å²) < 4.78 is 7.41. The molecule has 0 aromatic carbocycles. The number of aromatic nitrogens is 4. The Morgan fingerprint density at radius 1 is 1.38 bits per heavy atom. The van der Waals surface area contributed by atoms with Gasteiger partial charge >= 0.3 is 0 Å². The standard InChI is InChI=1S/C17H23N5O2/c1-3-24-11-15-10-22(9-14-8-21(2)20-17(14)15)16(23)5-4-13-6-18-12-19-7-13/h6-8,12,15H,3-5,9-11H2,1-2H3/t15-/m0/s1. The number of ether oxygens (including phenoxy) is 1. The number of rotatable bonds is 6. The van der Waals surface area contributed by atoms with Crippen molar-refractivity contribution >= 4 is 5.91 Å². The van der Waals surface area contributed by atoms with Gasteiger partial charge in [-0.1, -0.05) is 0 Å². The van der Waals surface area contributed by atoms with Crippen LogP contribution in [-0.4, -0.2) is 50.3 Å². The first-order valence-corrected chi connectivity index (χ1v) is 8.29. The van der Waals surface area contributed by atoms with Gasteiger partial charge in [-0.05, 0) is 18.9 Å². The number of hydrogen-bond donors (Lipinski definition) is 0. The summed E-state index contributed by atoms with van der Waals surface area (Å²) in [6, 6.07) is 0. The van der Waals surface area contributed by atoms with Crippen LogP contribution in [0.1, 0.15) is 36.1 Å². The fraction of sp³-hybridized carbons (Fsp3) is 0.529. The monoisotopic (exact) mass is 329 g/mol. The molecule has 0 radical (unpaired) electrons. The zero-order valence-electron chi connectivity index (χ0n) is 14.2. The van der Waals surface area contributed by atoms with Crippen LogP contribution in [0.15, 0.2) is 24.9 Å². The lowest BCUT2D eigenvalue weighted by Gasteiger charge is -2.32. The van der Waals surface area contributed by atoms with Crippen LogP contribution in [0.4, 0.5) is 0 Å². The van der Waals surface area contributed by atoms with Crippen LogP contribution in [0.2, 0.25) is 0 Å². The van der Waals surface area contributed by atoms with Crippen LogP contribution in [0, 0.1) is 0 Å². The van der Waals surface area contributed by atoms with Gasteiger partial charge in [0.05, 0.1) is 12.3 Å². The number of carbonyl (C=O) groups is 1. The fourth-order valence-electron chi connectivity index (χ4n) is 3.09. The maximum Gasteiger partial charge on any atom is 0.223 e. The maximum atomic E-state index is 12.6. The predicted octanol–water partition coefficient (Wildman–Crippen LogP) is 1.31. The highest BCUT2D eigenvalue weighted by atomic mass is 16.5. The summed E-state index contributed by atoms with van der Waals surface area (Å²) in [5.41, 5.74) is 3.16. The minimum Gasteiger partial charge on any atom is -0.381 e. The van der Waals surface area contributed by atoms with Crippen LogP contribution in [0.3, 0.4) is 0 Å². The number of fused-ring (bicyclic) bond motifs is 1. The van der Waals surface area contributed by atoms with E-state index in [1.165, 1.54) is 6.33 Å². The first kappa shape index (κ1) is 16.6. The molecule has 0 aliphatic carbocycles. The van der Waals surface area contributed by atoms with Gasteiger partial charge in [-0.15, -0.1) is 0 Å². The Hall–Kier alpha value is -2.28. The van der Waals surface area contributed by atoms with E-state index in [1.807, 2.05) is 29.7 Å². The molecule has 0 saturated carbocycles. The van der Waals surface area contributed by atoms with Gasteiger partial charge in [0.1, 0.15) is 6.33 Å². The van der Waals surface area contributed by atoms with Gasteiger partial charge < -0.3 is 9.64 Å². The van der Waals surface area contributed by atoms with Gasteiger partial charge in [0.2, 0.25) is 5.91 Å². The second-order valence-corrected chi connectivity index (χ2v) is 6.09. The van der Waals surface area contributed by atoms with Gasteiger partial charge in [0, 0.05) is 63.2 Å². The highest BCUT2D eigenvalue weighted by Gasteiger charge is 2.30. The van der Waals surface area contributed by atoms with E-state index in [-0.39, 0.29) is 11.8 Å². The largest absolute Gasteiger partial charge is 0.381 e. The molecule has 3 rings (SSSR count). The Kier molecular flexibility index (Phi) is 5.20. The third-order valence-corrected chi connectivity index (χ3v) is 4.24. The number of hydrogen-bond acceptors (Lipinski definition) is 5. The van der Waals surface area contributed by atoms with Crippen molar-refractivity contribution < 1.29 is 9.53 Å². The molecule has 24 heavy (non-hydrogen) atoms. The molecule has 1 aliphatic rings. The van der Waals surface area contributed by atoms with E-state index >= 15 is 0 Å². The lowest BCUT2D eigenvalue weighted by Crippen LogP contribution is -2.39. The van der Waals surface area contributed by atoms with Crippen LogP contribution in [0.25, 0.3) is 0 Å².